The van der Waals surface area contributed by atoms with Crippen LogP contribution in [0, 0.1) is 0 Å². The Bertz CT molecular complexity index is 681. The first-order chi connectivity index (χ1) is 11.5. The van der Waals surface area contributed by atoms with Gasteiger partial charge in [-0.3, -0.25) is 14.8 Å². The molecule has 0 aliphatic carbocycles. The van der Waals surface area contributed by atoms with Crippen molar-refractivity contribution in [1.82, 2.24) is 20.0 Å². The maximum absolute atomic E-state index is 12.8. The lowest BCUT2D eigenvalue weighted by molar-refractivity contribution is -0.137. The fourth-order valence-corrected chi connectivity index (χ4v) is 4.22. The molecule has 8 nitrogen and oxygen atoms in total. The summed E-state index contributed by atoms with van der Waals surface area (Å²) in [6.07, 6.45) is 5.16. The zero-order chi connectivity index (χ0) is 17.2. The zero-order valence-corrected chi connectivity index (χ0v) is 14.7. The highest BCUT2D eigenvalue weighted by molar-refractivity contribution is 7.90. The Morgan fingerprint density at radius 3 is 2.79 bits per heavy atom. The number of aromatic amines is 1. The molecule has 0 radical (unpaired) electrons. The Morgan fingerprint density at radius 2 is 2.08 bits per heavy atom. The predicted octanol–water partition coefficient (Wildman–Crippen LogP) is 0.199. The molecule has 1 N–H and O–H groups in total. The lowest BCUT2D eigenvalue weighted by atomic mass is 9.99. The summed E-state index contributed by atoms with van der Waals surface area (Å²) < 4.78 is 29.2. The Balaban J connectivity index is 1.78. The van der Waals surface area contributed by atoms with Crippen LogP contribution in [0.3, 0.4) is 0 Å². The topological polar surface area (TPSA) is 95.6 Å². The van der Waals surface area contributed by atoms with Gasteiger partial charge in [0.15, 0.2) is 9.84 Å². The van der Waals surface area contributed by atoms with Gasteiger partial charge in [0.1, 0.15) is 4.90 Å². The standard InChI is InChI=1S/C15H24N4O4S/c1-24(21,22)13-10-16-17-15(13)12-4-2-3-5-19(12)14(20)11-18-6-8-23-9-7-18/h10,12H,2-9,11H2,1H3,(H,16,17)/t12-/m1/s1. The minimum Gasteiger partial charge on any atom is -0.379 e. The molecular formula is C15H24N4O4S. The lowest BCUT2D eigenvalue weighted by Crippen LogP contribution is -2.47. The molecule has 0 bridgehead atoms. The molecule has 2 saturated heterocycles. The molecule has 0 aromatic carbocycles. The first kappa shape index (κ1) is 17.4. The van der Waals surface area contributed by atoms with E-state index in [2.05, 4.69) is 15.1 Å². The van der Waals surface area contributed by atoms with Crippen molar-refractivity contribution in [2.45, 2.75) is 30.2 Å². The van der Waals surface area contributed by atoms with Crippen molar-refractivity contribution < 1.29 is 17.9 Å². The Labute approximate surface area is 142 Å². The maximum Gasteiger partial charge on any atom is 0.237 e. The average molecular weight is 356 g/mol. The third kappa shape index (κ3) is 3.79. The number of carbonyl (C=O) groups is 1. The monoisotopic (exact) mass is 356 g/mol. The van der Waals surface area contributed by atoms with E-state index in [-0.39, 0.29) is 16.8 Å². The average Bonchev–Trinajstić information content (AvgIpc) is 3.05. The minimum atomic E-state index is -3.37. The number of aromatic nitrogens is 2. The first-order valence-corrected chi connectivity index (χ1v) is 10.2. The zero-order valence-electron chi connectivity index (χ0n) is 13.9. The number of rotatable bonds is 4. The number of amides is 1. The van der Waals surface area contributed by atoms with Gasteiger partial charge in [-0.05, 0) is 19.3 Å². The number of carbonyl (C=O) groups excluding carboxylic acids is 1. The highest BCUT2D eigenvalue weighted by Crippen LogP contribution is 2.33. The van der Waals surface area contributed by atoms with Gasteiger partial charge < -0.3 is 9.64 Å². The number of nitrogens with one attached hydrogen (secondary N) is 1. The highest BCUT2D eigenvalue weighted by Gasteiger charge is 2.33. The molecule has 1 aromatic rings. The number of nitrogens with zero attached hydrogens (tertiary/aromatic N) is 3. The second-order valence-electron chi connectivity index (χ2n) is 6.41. The molecule has 9 heteroatoms. The van der Waals surface area contributed by atoms with Gasteiger partial charge in [0.2, 0.25) is 5.91 Å². The summed E-state index contributed by atoms with van der Waals surface area (Å²) in [5.74, 6) is 0.0376. The third-order valence-electron chi connectivity index (χ3n) is 4.65. The quantitative estimate of drug-likeness (QED) is 0.828. The summed E-state index contributed by atoms with van der Waals surface area (Å²) in [5.41, 5.74) is 0.535. The van der Waals surface area contributed by atoms with Gasteiger partial charge >= 0.3 is 0 Å². The summed E-state index contributed by atoms with van der Waals surface area (Å²) in [7, 11) is -3.37. The summed E-state index contributed by atoms with van der Waals surface area (Å²) in [4.78, 5) is 16.9. The SMILES string of the molecule is CS(=O)(=O)c1cn[nH]c1[C@H]1CCCCN1C(=O)CN1CCOCC1. The summed E-state index contributed by atoms with van der Waals surface area (Å²) >= 11 is 0. The molecule has 24 heavy (non-hydrogen) atoms. The minimum absolute atomic E-state index is 0.0376. The first-order valence-electron chi connectivity index (χ1n) is 8.29. The molecule has 0 saturated carbocycles. The van der Waals surface area contributed by atoms with Gasteiger partial charge in [-0.1, -0.05) is 0 Å². The number of morpholine rings is 1. The summed E-state index contributed by atoms with van der Waals surface area (Å²) in [6.45, 7) is 3.80. The number of H-pyrrole nitrogens is 1. The van der Waals surface area contributed by atoms with E-state index < -0.39 is 9.84 Å². The van der Waals surface area contributed by atoms with Gasteiger partial charge in [-0.2, -0.15) is 5.10 Å². The van der Waals surface area contributed by atoms with Crippen LogP contribution in [0.25, 0.3) is 0 Å². The molecule has 1 aromatic heterocycles. The summed E-state index contributed by atoms with van der Waals surface area (Å²) in [6, 6.07) is -0.250. The van der Waals surface area contributed by atoms with Crippen LogP contribution in [0.2, 0.25) is 0 Å². The second-order valence-corrected chi connectivity index (χ2v) is 8.39. The smallest absolute Gasteiger partial charge is 0.237 e. The van der Waals surface area contributed by atoms with Crippen LogP contribution in [-0.4, -0.2) is 80.0 Å². The van der Waals surface area contributed by atoms with E-state index >= 15 is 0 Å². The van der Waals surface area contributed by atoms with Crippen molar-refractivity contribution >= 4 is 15.7 Å². The van der Waals surface area contributed by atoms with E-state index in [0.29, 0.717) is 32.0 Å². The largest absolute Gasteiger partial charge is 0.379 e. The van der Waals surface area contributed by atoms with Crippen LogP contribution in [-0.2, 0) is 19.4 Å². The van der Waals surface area contributed by atoms with E-state index in [1.807, 2.05) is 0 Å². The fourth-order valence-electron chi connectivity index (χ4n) is 3.39. The van der Waals surface area contributed by atoms with Gasteiger partial charge in [-0.25, -0.2) is 8.42 Å². The van der Waals surface area contributed by atoms with Crippen LogP contribution >= 0.6 is 0 Å². The molecular weight excluding hydrogens is 332 g/mol. The lowest BCUT2D eigenvalue weighted by Gasteiger charge is -2.37. The summed E-state index contributed by atoms with van der Waals surface area (Å²) in [5, 5.41) is 6.72. The number of hydrogen-bond acceptors (Lipinski definition) is 6. The number of hydrogen-bond donors (Lipinski definition) is 1. The van der Waals surface area contributed by atoms with Crippen LogP contribution in [0.15, 0.2) is 11.1 Å². The van der Waals surface area contributed by atoms with Crippen molar-refractivity contribution in [2.75, 3.05) is 45.6 Å². The van der Waals surface area contributed by atoms with E-state index in [9.17, 15) is 13.2 Å². The molecule has 2 aliphatic rings. The molecule has 1 atom stereocenters. The van der Waals surface area contributed by atoms with E-state index in [4.69, 9.17) is 4.74 Å². The Morgan fingerprint density at radius 1 is 1.33 bits per heavy atom. The van der Waals surface area contributed by atoms with Gasteiger partial charge in [0, 0.05) is 25.9 Å². The van der Waals surface area contributed by atoms with Crippen LogP contribution in [0.5, 0.6) is 0 Å². The van der Waals surface area contributed by atoms with Crippen molar-refractivity contribution in [2.24, 2.45) is 0 Å². The molecule has 1 amide bonds. The molecule has 0 spiro atoms. The second kappa shape index (κ2) is 7.20. The Kier molecular flexibility index (Phi) is 5.21. The molecule has 3 heterocycles. The highest BCUT2D eigenvalue weighted by atomic mass is 32.2. The van der Waals surface area contributed by atoms with Crippen LogP contribution in [0.1, 0.15) is 31.0 Å². The van der Waals surface area contributed by atoms with Gasteiger partial charge in [0.05, 0.1) is 37.7 Å². The molecule has 0 unspecified atom stereocenters. The molecule has 3 rings (SSSR count). The molecule has 134 valence electrons. The van der Waals surface area contributed by atoms with Crippen LogP contribution in [0.4, 0.5) is 0 Å². The van der Waals surface area contributed by atoms with Gasteiger partial charge in [-0.15, -0.1) is 0 Å². The number of likely N-dealkylation sites (tertiary alicyclic amines) is 1. The normalized spacial score (nSPS) is 23.4. The fraction of sp³-hybridized carbons (Fsp3) is 0.733. The third-order valence-corrected chi connectivity index (χ3v) is 5.77. The van der Waals surface area contributed by atoms with Crippen LogP contribution < -0.4 is 0 Å². The van der Waals surface area contributed by atoms with Crippen molar-refractivity contribution in [3.63, 3.8) is 0 Å². The van der Waals surface area contributed by atoms with Crippen molar-refractivity contribution in [3.05, 3.63) is 11.9 Å². The maximum atomic E-state index is 12.8. The van der Waals surface area contributed by atoms with Crippen molar-refractivity contribution in [1.29, 1.82) is 0 Å². The number of sulfone groups is 1. The van der Waals surface area contributed by atoms with Gasteiger partial charge in [0.25, 0.3) is 0 Å². The van der Waals surface area contributed by atoms with E-state index in [1.54, 1.807) is 4.90 Å². The number of ether oxygens (including phenoxy) is 1. The van der Waals surface area contributed by atoms with E-state index in [0.717, 1.165) is 32.4 Å². The Hall–Kier alpha value is -1.45. The predicted molar refractivity (Wildman–Crippen MR) is 87.3 cm³/mol. The molecule has 2 aliphatic heterocycles. The molecule has 2 fully saturated rings. The number of piperidine rings is 1. The van der Waals surface area contributed by atoms with Crippen molar-refractivity contribution in [3.8, 4) is 0 Å². The van der Waals surface area contributed by atoms with E-state index in [1.165, 1.54) is 12.5 Å².